The summed E-state index contributed by atoms with van der Waals surface area (Å²) in [7, 11) is 0. The van der Waals surface area contributed by atoms with Crippen molar-refractivity contribution < 1.29 is 22.7 Å². The normalized spacial score (nSPS) is 21.3. The van der Waals surface area contributed by atoms with Crippen molar-refractivity contribution in [3.05, 3.63) is 63.0 Å². The molecule has 0 aromatic carbocycles. The number of carbonyl (C=O) groups is 1. The van der Waals surface area contributed by atoms with E-state index >= 15 is 0 Å². The Labute approximate surface area is 179 Å². The Bertz CT molecular complexity index is 1200. The fraction of sp³-hybridized carbons (Fsp3) is 0.381. The van der Waals surface area contributed by atoms with E-state index in [1.54, 1.807) is 17.0 Å². The fourth-order valence-electron chi connectivity index (χ4n) is 4.40. The Hall–Kier alpha value is -3.59. The third-order valence-corrected chi connectivity index (χ3v) is 5.81. The van der Waals surface area contributed by atoms with Gasteiger partial charge in [0.25, 0.3) is 5.56 Å². The molecule has 2 aromatic heterocycles. The average molecular weight is 445 g/mol. The molecule has 2 N–H and O–H groups in total. The van der Waals surface area contributed by atoms with Gasteiger partial charge in [-0.1, -0.05) is 5.73 Å². The molecule has 2 amide bonds. The molecule has 32 heavy (non-hydrogen) atoms. The summed E-state index contributed by atoms with van der Waals surface area (Å²) >= 11 is 0. The van der Waals surface area contributed by atoms with Crippen LogP contribution in [-0.4, -0.2) is 44.9 Å². The van der Waals surface area contributed by atoms with Gasteiger partial charge in [-0.3, -0.25) is 4.79 Å². The fourth-order valence-corrected chi connectivity index (χ4v) is 4.40. The molecule has 2 aromatic rings. The number of rotatable bonds is 4. The number of aromatic amines is 1. The summed E-state index contributed by atoms with van der Waals surface area (Å²) < 4.78 is 41.2. The van der Waals surface area contributed by atoms with Gasteiger partial charge < -0.3 is 15.0 Å². The first kappa shape index (κ1) is 20.3. The van der Waals surface area contributed by atoms with Gasteiger partial charge in [0.05, 0.1) is 17.4 Å². The second-order valence-electron chi connectivity index (χ2n) is 7.98. The quantitative estimate of drug-likeness (QED) is 0.705. The second-order valence-corrected chi connectivity index (χ2v) is 7.98. The summed E-state index contributed by atoms with van der Waals surface area (Å²) in [5.74, 6) is -0.112. The summed E-state index contributed by atoms with van der Waals surface area (Å²) in [5, 5.41) is 9.50. The number of aromatic nitrogens is 3. The van der Waals surface area contributed by atoms with Crippen molar-refractivity contribution in [2.24, 2.45) is 0 Å². The predicted molar refractivity (Wildman–Crippen MR) is 106 cm³/mol. The van der Waals surface area contributed by atoms with E-state index in [0.29, 0.717) is 24.1 Å². The van der Waals surface area contributed by atoms with Gasteiger partial charge in [0.1, 0.15) is 0 Å². The highest BCUT2D eigenvalue weighted by Gasteiger charge is 2.44. The van der Waals surface area contributed by atoms with Gasteiger partial charge in [-0.05, 0) is 30.9 Å². The number of hydrogen-bond donors (Lipinski definition) is 2. The second kappa shape index (κ2) is 7.52. The summed E-state index contributed by atoms with van der Waals surface area (Å²) in [6.45, 7) is -1.40. The highest BCUT2D eigenvalue weighted by Crippen LogP contribution is 2.42. The number of halogens is 3. The Morgan fingerprint density at radius 2 is 2.16 bits per heavy atom. The van der Waals surface area contributed by atoms with Gasteiger partial charge in [-0.15, -0.1) is 0 Å². The molecule has 5 rings (SSSR count). The van der Waals surface area contributed by atoms with E-state index in [-0.39, 0.29) is 29.6 Å². The molecule has 1 saturated heterocycles. The SMILES string of the molecule is O=C(NC1=C=C(c2ccc(OCC(F)(F)F)nc2)C1)N1[C@H]2CC[C@@H]1c1n[nH]c(=O)cc1C2. The van der Waals surface area contributed by atoms with Crippen LogP contribution in [0.2, 0.25) is 0 Å². The maximum absolute atomic E-state index is 12.9. The number of nitrogens with one attached hydrogen (secondary N) is 2. The molecule has 2 atom stereocenters. The maximum Gasteiger partial charge on any atom is 0.422 e. The molecule has 166 valence electrons. The largest absolute Gasteiger partial charge is 0.468 e. The lowest BCUT2D eigenvalue weighted by atomic mass is 9.96. The van der Waals surface area contributed by atoms with Gasteiger partial charge in [0, 0.05) is 41.9 Å². The number of hydrogen-bond acceptors (Lipinski definition) is 5. The number of urea groups is 1. The lowest BCUT2D eigenvalue weighted by Gasteiger charge is -2.35. The number of pyridine rings is 1. The van der Waals surface area contributed by atoms with Gasteiger partial charge in [-0.25, -0.2) is 14.9 Å². The minimum absolute atomic E-state index is 0.0219. The Morgan fingerprint density at radius 3 is 2.88 bits per heavy atom. The number of nitrogens with zero attached hydrogens (tertiary/aromatic N) is 3. The zero-order valence-corrected chi connectivity index (χ0v) is 16.7. The zero-order valence-electron chi connectivity index (χ0n) is 16.7. The van der Waals surface area contributed by atoms with Crippen molar-refractivity contribution in [1.82, 2.24) is 25.4 Å². The summed E-state index contributed by atoms with van der Waals surface area (Å²) in [6, 6.07) is 4.15. The molecule has 0 saturated carbocycles. The van der Waals surface area contributed by atoms with E-state index in [4.69, 9.17) is 0 Å². The van der Waals surface area contributed by atoms with E-state index in [1.165, 1.54) is 12.3 Å². The van der Waals surface area contributed by atoms with Gasteiger partial charge >= 0.3 is 12.2 Å². The summed E-state index contributed by atoms with van der Waals surface area (Å²) in [6.07, 6.45) is -0.307. The van der Waals surface area contributed by atoms with Crippen LogP contribution in [-0.2, 0) is 6.42 Å². The molecule has 2 aliphatic heterocycles. The third-order valence-electron chi connectivity index (χ3n) is 5.81. The van der Waals surface area contributed by atoms with E-state index in [2.05, 4.69) is 31.0 Å². The van der Waals surface area contributed by atoms with Crippen molar-refractivity contribution in [3.8, 4) is 5.88 Å². The minimum atomic E-state index is -4.42. The van der Waals surface area contributed by atoms with E-state index in [0.717, 1.165) is 29.7 Å². The first-order valence-electron chi connectivity index (χ1n) is 10.1. The van der Waals surface area contributed by atoms with E-state index < -0.39 is 12.8 Å². The molecule has 11 heteroatoms. The van der Waals surface area contributed by atoms with Crippen LogP contribution in [0.25, 0.3) is 5.57 Å². The highest BCUT2D eigenvalue weighted by atomic mass is 19.4. The topological polar surface area (TPSA) is 100 Å². The van der Waals surface area contributed by atoms with Crippen molar-refractivity contribution in [3.63, 3.8) is 0 Å². The maximum atomic E-state index is 12.9. The van der Waals surface area contributed by atoms with Crippen LogP contribution in [0.15, 0.2) is 40.6 Å². The Kier molecular flexibility index (Phi) is 4.78. The van der Waals surface area contributed by atoms with Crippen LogP contribution in [0.5, 0.6) is 5.88 Å². The van der Waals surface area contributed by atoms with Gasteiger partial charge in [0.15, 0.2) is 6.61 Å². The molecule has 1 aliphatic carbocycles. The first-order chi connectivity index (χ1) is 15.3. The van der Waals surface area contributed by atoms with Crippen LogP contribution in [0, 0.1) is 0 Å². The van der Waals surface area contributed by atoms with Crippen molar-refractivity contribution >= 4 is 11.6 Å². The minimum Gasteiger partial charge on any atom is -0.468 e. The van der Waals surface area contributed by atoms with Crippen molar-refractivity contribution in [1.29, 1.82) is 0 Å². The number of carbonyl (C=O) groups excluding carboxylic acids is 1. The molecule has 0 spiro atoms. The lowest BCUT2D eigenvalue weighted by molar-refractivity contribution is -0.154. The number of H-pyrrole nitrogens is 1. The monoisotopic (exact) mass is 445 g/mol. The van der Waals surface area contributed by atoms with Crippen molar-refractivity contribution in [2.45, 2.75) is 43.9 Å². The third kappa shape index (κ3) is 3.87. The predicted octanol–water partition coefficient (Wildman–Crippen LogP) is 2.85. The van der Waals surface area contributed by atoms with Crippen LogP contribution in [0.3, 0.4) is 0 Å². The smallest absolute Gasteiger partial charge is 0.422 e. The summed E-state index contributed by atoms with van der Waals surface area (Å²) in [5.41, 5.74) is 6.58. The number of amides is 2. The average Bonchev–Trinajstić information content (AvgIpc) is 3.03. The number of ether oxygens (including phenoxy) is 1. The number of fused-ring (bicyclic) bond motifs is 4. The molecular formula is C21H18F3N5O3. The van der Waals surface area contributed by atoms with Crippen LogP contribution in [0.1, 0.15) is 42.1 Å². The molecule has 8 nitrogen and oxygen atoms in total. The Morgan fingerprint density at radius 1 is 1.34 bits per heavy atom. The van der Waals surface area contributed by atoms with Crippen molar-refractivity contribution in [2.75, 3.05) is 6.61 Å². The molecule has 0 unspecified atom stereocenters. The molecular weight excluding hydrogens is 427 g/mol. The van der Waals surface area contributed by atoms with Crippen LogP contribution in [0.4, 0.5) is 18.0 Å². The van der Waals surface area contributed by atoms with E-state index in [9.17, 15) is 22.8 Å². The molecule has 2 bridgehead atoms. The highest BCUT2D eigenvalue weighted by molar-refractivity contribution is 5.81. The van der Waals surface area contributed by atoms with Crippen LogP contribution >= 0.6 is 0 Å². The van der Waals surface area contributed by atoms with Gasteiger partial charge in [0.2, 0.25) is 5.88 Å². The molecule has 0 radical (unpaired) electrons. The standard InChI is InChI=1S/C21H18F3N5O3/c22-21(23,24)10-32-18-4-1-11(9-25-18)12-5-14(6-12)26-20(31)29-15-2-3-16(29)19-13(7-15)8-17(30)27-28-19/h1,4,8-9,15-16H,2-3,5,7,10H2,(H,26,31)(H,27,30)/t15-,16+/m0/s1. The molecule has 3 aliphatic rings. The summed E-state index contributed by atoms with van der Waals surface area (Å²) in [4.78, 5) is 30.1. The van der Waals surface area contributed by atoms with Gasteiger partial charge in [-0.2, -0.15) is 18.3 Å². The molecule has 1 fully saturated rings. The molecule has 4 heterocycles. The van der Waals surface area contributed by atoms with Crippen LogP contribution < -0.4 is 15.6 Å². The lowest BCUT2D eigenvalue weighted by Crippen LogP contribution is -2.47. The first-order valence-corrected chi connectivity index (χ1v) is 10.1. The van der Waals surface area contributed by atoms with E-state index in [1.807, 2.05) is 0 Å². The number of alkyl halides is 3. The zero-order chi connectivity index (χ0) is 22.5. The Balaban J connectivity index is 1.25.